The molecule has 1 rings (SSSR count). The van der Waals surface area contributed by atoms with Gasteiger partial charge in [-0.05, 0) is 0 Å². The van der Waals surface area contributed by atoms with Crippen LogP contribution < -0.4 is 5.32 Å². The number of quaternary nitrogens is 1. The molecule has 14 heavy (non-hydrogen) atoms. The number of aliphatic hydroxyl groups is 1. The van der Waals surface area contributed by atoms with Gasteiger partial charge < -0.3 is 15.2 Å². The average molecular weight is 224 g/mol. The Morgan fingerprint density at radius 2 is 2.21 bits per heavy atom. The Hall–Kier alpha value is -0.170. The van der Waals surface area contributed by atoms with E-state index in [1.165, 1.54) is 0 Å². The van der Waals surface area contributed by atoms with E-state index in [4.69, 9.17) is 4.74 Å². The molecular weight excluding hydrogens is 206 g/mol. The second-order valence-electron chi connectivity index (χ2n) is 3.68. The molecule has 1 aliphatic heterocycles. The van der Waals surface area contributed by atoms with Crippen LogP contribution in [0.3, 0.4) is 0 Å². The SMILES string of the molecule is COCCC[NH2+][C@H]1CS(=O)(=O)C[C@H]1O. The lowest BCUT2D eigenvalue weighted by Crippen LogP contribution is -2.92. The molecule has 0 spiro atoms. The minimum absolute atomic E-state index is 0.0849. The molecule has 1 aliphatic rings. The van der Waals surface area contributed by atoms with Crippen LogP contribution in [0.5, 0.6) is 0 Å². The van der Waals surface area contributed by atoms with Crippen molar-refractivity contribution >= 4 is 9.84 Å². The summed E-state index contributed by atoms with van der Waals surface area (Å²) in [6, 6.07) is -0.183. The van der Waals surface area contributed by atoms with Crippen molar-refractivity contribution in [3.63, 3.8) is 0 Å². The zero-order chi connectivity index (χ0) is 10.6. The molecule has 2 atom stereocenters. The van der Waals surface area contributed by atoms with Crippen LogP contribution in [0.4, 0.5) is 0 Å². The van der Waals surface area contributed by atoms with Crippen molar-refractivity contribution in [3.05, 3.63) is 0 Å². The second-order valence-corrected chi connectivity index (χ2v) is 5.83. The number of hydrogen-bond acceptors (Lipinski definition) is 4. The predicted octanol–water partition coefficient (Wildman–Crippen LogP) is -2.26. The first-order valence-electron chi connectivity index (χ1n) is 4.76. The van der Waals surface area contributed by atoms with E-state index in [0.717, 1.165) is 13.0 Å². The van der Waals surface area contributed by atoms with Crippen molar-refractivity contribution in [1.82, 2.24) is 0 Å². The van der Waals surface area contributed by atoms with Crippen LogP contribution in [-0.2, 0) is 14.6 Å². The Balaban J connectivity index is 2.25. The van der Waals surface area contributed by atoms with Gasteiger partial charge >= 0.3 is 0 Å². The van der Waals surface area contributed by atoms with Crippen molar-refractivity contribution in [2.75, 3.05) is 31.8 Å². The van der Waals surface area contributed by atoms with E-state index in [-0.39, 0.29) is 17.5 Å². The highest BCUT2D eigenvalue weighted by Crippen LogP contribution is 2.08. The fourth-order valence-electron chi connectivity index (χ4n) is 1.64. The fraction of sp³-hybridized carbons (Fsp3) is 1.00. The van der Waals surface area contributed by atoms with E-state index >= 15 is 0 Å². The summed E-state index contributed by atoms with van der Waals surface area (Å²) in [4.78, 5) is 0. The first-order valence-corrected chi connectivity index (χ1v) is 6.58. The lowest BCUT2D eigenvalue weighted by Gasteiger charge is -2.10. The van der Waals surface area contributed by atoms with Crippen molar-refractivity contribution in [2.24, 2.45) is 0 Å². The average Bonchev–Trinajstić information content (AvgIpc) is 2.34. The molecule has 0 aliphatic carbocycles. The minimum atomic E-state index is -3.00. The van der Waals surface area contributed by atoms with E-state index in [9.17, 15) is 13.5 Å². The summed E-state index contributed by atoms with van der Waals surface area (Å²) in [5.41, 5.74) is 0. The summed E-state index contributed by atoms with van der Waals surface area (Å²) < 4.78 is 27.1. The van der Waals surface area contributed by atoms with Crippen LogP contribution >= 0.6 is 0 Å². The minimum Gasteiger partial charge on any atom is -0.386 e. The fourth-order valence-corrected chi connectivity index (χ4v) is 3.49. The van der Waals surface area contributed by atoms with E-state index < -0.39 is 15.9 Å². The topological polar surface area (TPSA) is 80.2 Å². The summed E-state index contributed by atoms with van der Waals surface area (Å²) in [6.45, 7) is 1.47. The van der Waals surface area contributed by atoms with Gasteiger partial charge in [-0.3, -0.25) is 0 Å². The second kappa shape index (κ2) is 5.06. The lowest BCUT2D eigenvalue weighted by atomic mass is 10.2. The first kappa shape index (κ1) is 11.9. The molecule has 6 heteroatoms. The molecule has 0 amide bonds. The van der Waals surface area contributed by atoms with E-state index in [1.807, 2.05) is 5.32 Å². The molecule has 1 saturated heterocycles. The number of aliphatic hydroxyl groups excluding tert-OH is 1. The Kier molecular flexibility index (Phi) is 4.31. The van der Waals surface area contributed by atoms with Gasteiger partial charge in [-0.2, -0.15) is 0 Å². The highest BCUT2D eigenvalue weighted by atomic mass is 32.2. The van der Waals surface area contributed by atoms with E-state index in [1.54, 1.807) is 7.11 Å². The standard InChI is InChI=1S/C8H17NO4S/c1-13-4-2-3-9-7-5-14(11,12)6-8(7)10/h7-10H,2-6H2,1H3/p+1/t7-,8+/m0/s1. The molecular formula is C8H18NO4S+. The number of hydrogen-bond donors (Lipinski definition) is 2. The maximum absolute atomic E-state index is 11.1. The number of ether oxygens (including phenoxy) is 1. The summed E-state index contributed by atoms with van der Waals surface area (Å²) in [6.07, 6.45) is 0.169. The normalized spacial score (nSPS) is 30.7. The van der Waals surface area contributed by atoms with Crippen LogP contribution in [-0.4, -0.2) is 57.4 Å². The summed E-state index contributed by atoms with van der Waals surface area (Å²) in [5.74, 6) is 0.0135. The van der Waals surface area contributed by atoms with Crippen molar-refractivity contribution in [3.8, 4) is 0 Å². The molecule has 3 N–H and O–H groups in total. The van der Waals surface area contributed by atoms with Crippen LogP contribution in [0, 0.1) is 0 Å². The summed E-state index contributed by atoms with van der Waals surface area (Å²) in [7, 11) is -1.37. The van der Waals surface area contributed by atoms with Gasteiger partial charge in [-0.15, -0.1) is 0 Å². The Labute approximate surface area is 84.4 Å². The van der Waals surface area contributed by atoms with Gasteiger partial charge in [0.05, 0.1) is 18.9 Å². The van der Waals surface area contributed by atoms with E-state index in [0.29, 0.717) is 6.61 Å². The smallest absolute Gasteiger partial charge is 0.159 e. The highest BCUT2D eigenvalue weighted by Gasteiger charge is 2.38. The third-order valence-corrected chi connectivity index (χ3v) is 4.13. The molecule has 0 aromatic rings. The van der Waals surface area contributed by atoms with Crippen molar-refractivity contribution < 1.29 is 23.6 Å². The van der Waals surface area contributed by atoms with Gasteiger partial charge in [0.15, 0.2) is 9.84 Å². The maximum atomic E-state index is 11.1. The van der Waals surface area contributed by atoms with Crippen molar-refractivity contribution in [1.29, 1.82) is 0 Å². The molecule has 0 aromatic heterocycles. The molecule has 1 heterocycles. The van der Waals surface area contributed by atoms with Gasteiger partial charge in [0.1, 0.15) is 17.9 Å². The molecule has 1 fully saturated rings. The maximum Gasteiger partial charge on any atom is 0.159 e. The van der Waals surface area contributed by atoms with Gasteiger partial charge in [0, 0.05) is 13.5 Å². The Bertz CT molecular complexity index is 265. The zero-order valence-electron chi connectivity index (χ0n) is 8.35. The zero-order valence-corrected chi connectivity index (χ0v) is 9.16. The van der Waals surface area contributed by atoms with Gasteiger partial charge in [0.2, 0.25) is 0 Å². The number of sulfone groups is 1. The van der Waals surface area contributed by atoms with Gasteiger partial charge in [0.25, 0.3) is 0 Å². The third-order valence-electron chi connectivity index (χ3n) is 2.39. The molecule has 0 saturated carbocycles. The van der Waals surface area contributed by atoms with Crippen LogP contribution in [0.2, 0.25) is 0 Å². The monoisotopic (exact) mass is 224 g/mol. The Morgan fingerprint density at radius 1 is 1.50 bits per heavy atom. The number of rotatable bonds is 5. The third kappa shape index (κ3) is 3.53. The van der Waals surface area contributed by atoms with Crippen LogP contribution in [0.1, 0.15) is 6.42 Å². The van der Waals surface area contributed by atoms with Crippen LogP contribution in [0.25, 0.3) is 0 Å². The molecule has 5 nitrogen and oxygen atoms in total. The quantitative estimate of drug-likeness (QED) is 0.517. The van der Waals surface area contributed by atoms with Gasteiger partial charge in [-0.1, -0.05) is 0 Å². The highest BCUT2D eigenvalue weighted by molar-refractivity contribution is 7.91. The first-order chi connectivity index (χ1) is 6.55. The molecule has 0 radical (unpaired) electrons. The largest absolute Gasteiger partial charge is 0.386 e. The lowest BCUT2D eigenvalue weighted by molar-refractivity contribution is -0.690. The molecule has 84 valence electrons. The number of methoxy groups -OCH3 is 1. The summed E-state index contributed by atoms with van der Waals surface area (Å²) in [5, 5.41) is 11.3. The predicted molar refractivity (Wildman–Crippen MR) is 51.7 cm³/mol. The van der Waals surface area contributed by atoms with Crippen molar-refractivity contribution in [2.45, 2.75) is 18.6 Å². The van der Waals surface area contributed by atoms with E-state index in [2.05, 4.69) is 0 Å². The van der Waals surface area contributed by atoms with Gasteiger partial charge in [-0.25, -0.2) is 8.42 Å². The number of nitrogens with two attached hydrogens (primary N) is 1. The Morgan fingerprint density at radius 3 is 2.71 bits per heavy atom. The summed E-state index contributed by atoms with van der Waals surface area (Å²) >= 11 is 0. The molecule has 0 unspecified atom stereocenters. The molecule has 0 bridgehead atoms. The molecule has 0 aromatic carbocycles. The van der Waals surface area contributed by atoms with Crippen LogP contribution in [0.15, 0.2) is 0 Å².